The number of carboxylic acid groups (broad SMARTS) is 1. The van der Waals surface area contributed by atoms with Gasteiger partial charge in [0, 0.05) is 23.9 Å². The lowest BCUT2D eigenvalue weighted by molar-refractivity contribution is -0.137. The number of hydrogen-bond acceptors (Lipinski definition) is 2. The monoisotopic (exact) mass is 298 g/mol. The van der Waals surface area contributed by atoms with Gasteiger partial charge in [-0.05, 0) is 32.0 Å². The molecule has 0 unspecified atom stereocenters. The van der Waals surface area contributed by atoms with E-state index in [1.807, 2.05) is 0 Å². The Hall–Kier alpha value is -2.31. The van der Waals surface area contributed by atoms with Gasteiger partial charge in [0.25, 0.3) is 0 Å². The van der Waals surface area contributed by atoms with Crippen LogP contribution in [0.15, 0.2) is 18.2 Å². The maximum atomic E-state index is 12.9. The largest absolute Gasteiger partial charge is 0.478 e. The lowest BCUT2D eigenvalue weighted by atomic mass is 9.95. The normalized spacial score (nSPS) is 11.7. The molecule has 0 aliphatic rings. The van der Waals surface area contributed by atoms with Gasteiger partial charge in [0.05, 0.1) is 16.8 Å². The van der Waals surface area contributed by atoms with Crippen molar-refractivity contribution in [2.75, 3.05) is 0 Å². The number of carboxylic acids is 1. The Kier molecular flexibility index (Phi) is 3.52. The summed E-state index contributed by atoms with van der Waals surface area (Å²) in [5.41, 5.74) is 0.472. The first-order valence-electron chi connectivity index (χ1n) is 6.08. The lowest BCUT2D eigenvalue weighted by Crippen LogP contribution is -2.08. The summed E-state index contributed by atoms with van der Waals surface area (Å²) in [4.78, 5) is 11.3. The van der Waals surface area contributed by atoms with Gasteiger partial charge in [-0.15, -0.1) is 0 Å². The molecule has 2 rings (SSSR count). The van der Waals surface area contributed by atoms with Crippen LogP contribution in [-0.2, 0) is 13.2 Å². The molecule has 0 radical (unpaired) electrons. The number of benzene rings is 1. The summed E-state index contributed by atoms with van der Waals surface area (Å²) in [6.07, 6.45) is -4.53. The highest BCUT2D eigenvalue weighted by Crippen LogP contribution is 2.36. The Labute approximate surface area is 118 Å². The van der Waals surface area contributed by atoms with Gasteiger partial charge in [-0.2, -0.15) is 18.3 Å². The number of aryl methyl sites for hydroxylation is 2. The highest BCUT2D eigenvalue weighted by atomic mass is 19.4. The third kappa shape index (κ3) is 2.63. The summed E-state index contributed by atoms with van der Waals surface area (Å²) in [5, 5.41) is 13.3. The lowest BCUT2D eigenvalue weighted by Gasteiger charge is -2.12. The smallest absolute Gasteiger partial charge is 0.416 e. The van der Waals surface area contributed by atoms with Crippen molar-refractivity contribution < 1.29 is 23.1 Å². The van der Waals surface area contributed by atoms with Crippen LogP contribution in [0.3, 0.4) is 0 Å². The van der Waals surface area contributed by atoms with Gasteiger partial charge in [0.1, 0.15) is 0 Å². The molecule has 4 nitrogen and oxygen atoms in total. The molecule has 2 aromatic rings. The fourth-order valence-electron chi connectivity index (χ4n) is 2.28. The number of aromatic nitrogens is 2. The van der Waals surface area contributed by atoms with E-state index in [4.69, 9.17) is 0 Å². The van der Waals surface area contributed by atoms with E-state index in [1.165, 1.54) is 4.68 Å². The van der Waals surface area contributed by atoms with Gasteiger partial charge in [-0.25, -0.2) is 4.79 Å². The number of alkyl halides is 3. The topological polar surface area (TPSA) is 55.1 Å². The molecule has 0 amide bonds. The Morgan fingerprint density at radius 3 is 2.33 bits per heavy atom. The van der Waals surface area contributed by atoms with Crippen LogP contribution < -0.4 is 0 Å². The fraction of sp³-hybridized carbons (Fsp3) is 0.286. The minimum atomic E-state index is -4.53. The molecule has 0 atom stereocenters. The van der Waals surface area contributed by atoms with Crippen molar-refractivity contribution in [2.24, 2.45) is 7.05 Å². The zero-order chi connectivity index (χ0) is 15.9. The molecule has 0 fully saturated rings. The maximum Gasteiger partial charge on any atom is 0.416 e. The quantitative estimate of drug-likeness (QED) is 0.924. The van der Waals surface area contributed by atoms with Crippen LogP contribution in [0, 0.1) is 13.8 Å². The van der Waals surface area contributed by atoms with E-state index in [2.05, 4.69) is 5.10 Å². The van der Waals surface area contributed by atoms with Gasteiger partial charge in [-0.1, -0.05) is 0 Å². The van der Waals surface area contributed by atoms with E-state index in [-0.39, 0.29) is 11.1 Å². The molecule has 1 aromatic heterocycles. The van der Waals surface area contributed by atoms with Gasteiger partial charge in [0.2, 0.25) is 0 Å². The first-order chi connectivity index (χ1) is 9.62. The Bertz CT molecular complexity index is 718. The van der Waals surface area contributed by atoms with E-state index < -0.39 is 17.7 Å². The van der Waals surface area contributed by atoms with Crippen LogP contribution in [0.5, 0.6) is 0 Å². The molecule has 112 valence electrons. The molecular formula is C14H13F3N2O2. The van der Waals surface area contributed by atoms with E-state index in [9.17, 15) is 23.1 Å². The van der Waals surface area contributed by atoms with Crippen molar-refractivity contribution in [1.29, 1.82) is 0 Å². The van der Waals surface area contributed by atoms with Gasteiger partial charge < -0.3 is 5.11 Å². The van der Waals surface area contributed by atoms with E-state index >= 15 is 0 Å². The van der Waals surface area contributed by atoms with Crippen LogP contribution >= 0.6 is 0 Å². The molecule has 7 heteroatoms. The molecule has 1 heterocycles. The average Bonchev–Trinajstić information content (AvgIpc) is 2.61. The van der Waals surface area contributed by atoms with E-state index in [0.717, 1.165) is 18.2 Å². The third-order valence-corrected chi connectivity index (χ3v) is 3.36. The van der Waals surface area contributed by atoms with E-state index in [1.54, 1.807) is 20.9 Å². The van der Waals surface area contributed by atoms with Crippen LogP contribution in [-0.4, -0.2) is 20.9 Å². The van der Waals surface area contributed by atoms with Gasteiger partial charge in [-0.3, -0.25) is 4.68 Å². The zero-order valence-electron chi connectivity index (χ0n) is 11.6. The summed E-state index contributed by atoms with van der Waals surface area (Å²) in [6, 6.07) is 2.61. The number of aromatic carboxylic acids is 1. The molecule has 0 aliphatic carbocycles. The number of carbonyl (C=O) groups is 1. The van der Waals surface area contributed by atoms with Crippen molar-refractivity contribution in [3.8, 4) is 11.1 Å². The first kappa shape index (κ1) is 15.1. The predicted molar refractivity (Wildman–Crippen MR) is 70.1 cm³/mol. The van der Waals surface area contributed by atoms with Crippen molar-refractivity contribution >= 4 is 5.97 Å². The highest BCUT2D eigenvalue weighted by Gasteiger charge is 2.32. The molecule has 21 heavy (non-hydrogen) atoms. The molecule has 0 aliphatic heterocycles. The van der Waals surface area contributed by atoms with Gasteiger partial charge >= 0.3 is 12.1 Å². The third-order valence-electron chi connectivity index (χ3n) is 3.36. The molecule has 0 saturated carbocycles. The number of rotatable bonds is 2. The number of nitrogens with zero attached hydrogens (tertiary/aromatic N) is 2. The maximum absolute atomic E-state index is 12.9. The summed E-state index contributed by atoms with van der Waals surface area (Å²) >= 11 is 0. The van der Waals surface area contributed by atoms with Crippen LogP contribution in [0.4, 0.5) is 13.2 Å². The second-order valence-electron chi connectivity index (χ2n) is 4.73. The molecule has 1 aromatic carbocycles. The number of halogens is 3. The molecular weight excluding hydrogens is 285 g/mol. The van der Waals surface area contributed by atoms with Crippen LogP contribution in [0.25, 0.3) is 11.1 Å². The zero-order valence-corrected chi connectivity index (χ0v) is 11.6. The second-order valence-corrected chi connectivity index (χ2v) is 4.73. The van der Waals surface area contributed by atoms with Crippen molar-refractivity contribution in [3.63, 3.8) is 0 Å². The first-order valence-corrected chi connectivity index (χ1v) is 6.08. The summed E-state index contributed by atoms with van der Waals surface area (Å²) in [5.74, 6) is -1.28. The second kappa shape index (κ2) is 4.91. The predicted octanol–water partition coefficient (Wildman–Crippen LogP) is 3.42. The van der Waals surface area contributed by atoms with Crippen molar-refractivity contribution in [3.05, 3.63) is 40.7 Å². The molecule has 0 spiro atoms. The standard InChI is InChI=1S/C14H13F3N2O2/c1-7-12(8(2)19(3)18-7)11-6-9(14(15,16)17)4-5-10(11)13(20)21/h4-6H,1-3H3,(H,20,21). The minimum Gasteiger partial charge on any atom is -0.478 e. The fourth-order valence-corrected chi connectivity index (χ4v) is 2.28. The van der Waals surface area contributed by atoms with E-state index in [0.29, 0.717) is 17.0 Å². The highest BCUT2D eigenvalue weighted by molar-refractivity contribution is 5.97. The SMILES string of the molecule is Cc1nn(C)c(C)c1-c1cc(C(F)(F)F)ccc1C(=O)O. The van der Waals surface area contributed by atoms with Gasteiger partial charge in [0.15, 0.2) is 0 Å². The molecule has 1 N–H and O–H groups in total. The van der Waals surface area contributed by atoms with Crippen molar-refractivity contribution in [1.82, 2.24) is 9.78 Å². The summed E-state index contributed by atoms with van der Waals surface area (Å²) < 4.78 is 40.1. The van der Waals surface area contributed by atoms with Crippen molar-refractivity contribution in [2.45, 2.75) is 20.0 Å². The average molecular weight is 298 g/mol. The van der Waals surface area contributed by atoms with Crippen LogP contribution in [0.1, 0.15) is 27.3 Å². The molecule has 0 saturated heterocycles. The summed E-state index contributed by atoms with van der Waals surface area (Å²) in [7, 11) is 1.65. The summed E-state index contributed by atoms with van der Waals surface area (Å²) in [6.45, 7) is 3.31. The Balaban J connectivity index is 2.78. The molecule has 0 bridgehead atoms. The number of hydrogen-bond donors (Lipinski definition) is 1. The Morgan fingerprint density at radius 2 is 1.90 bits per heavy atom. The minimum absolute atomic E-state index is 0.0282. The van der Waals surface area contributed by atoms with Crippen LogP contribution in [0.2, 0.25) is 0 Å². The Morgan fingerprint density at radius 1 is 1.29 bits per heavy atom.